The summed E-state index contributed by atoms with van der Waals surface area (Å²) in [5.74, 6) is 0.805. The topological polar surface area (TPSA) is 64.1 Å². The SMILES string of the molecule is COc1ccc(Cl)cc1C(=O)NCc1cc(C2CC2)ncn1. The lowest BCUT2D eigenvalue weighted by Gasteiger charge is -2.10. The number of halogens is 1. The standard InChI is InChI=1S/C16H16ClN3O2/c1-22-15-5-4-11(17)6-13(15)16(21)18-8-12-7-14(10-2-3-10)20-9-19-12/h4-7,9-10H,2-3,8H2,1H3,(H,18,21). The molecule has 3 rings (SSSR count). The van der Waals surface area contributed by atoms with Crippen molar-refractivity contribution >= 4 is 17.5 Å². The molecule has 0 aliphatic heterocycles. The second-order valence-corrected chi connectivity index (χ2v) is 5.67. The molecule has 0 saturated heterocycles. The van der Waals surface area contributed by atoms with E-state index in [2.05, 4.69) is 15.3 Å². The van der Waals surface area contributed by atoms with Gasteiger partial charge in [-0.25, -0.2) is 9.97 Å². The molecule has 1 heterocycles. The van der Waals surface area contributed by atoms with Crippen LogP contribution in [0.1, 0.15) is 40.5 Å². The quantitative estimate of drug-likeness (QED) is 0.921. The van der Waals surface area contributed by atoms with Gasteiger partial charge in [-0.2, -0.15) is 0 Å². The van der Waals surface area contributed by atoms with Crippen LogP contribution >= 0.6 is 11.6 Å². The van der Waals surface area contributed by atoms with Crippen molar-refractivity contribution in [2.75, 3.05) is 7.11 Å². The van der Waals surface area contributed by atoms with Crippen LogP contribution in [0.5, 0.6) is 5.75 Å². The molecule has 1 aromatic heterocycles. The third-order valence-corrected chi connectivity index (χ3v) is 3.81. The molecule has 6 heteroatoms. The van der Waals surface area contributed by atoms with Gasteiger partial charge in [0, 0.05) is 16.6 Å². The molecular formula is C16H16ClN3O2. The first-order valence-electron chi connectivity index (χ1n) is 7.10. The summed E-state index contributed by atoms with van der Waals surface area (Å²) in [7, 11) is 1.52. The summed E-state index contributed by atoms with van der Waals surface area (Å²) in [5.41, 5.74) is 2.26. The first kappa shape index (κ1) is 14.8. The lowest BCUT2D eigenvalue weighted by Crippen LogP contribution is -2.24. The molecule has 114 valence electrons. The molecule has 5 nitrogen and oxygen atoms in total. The number of aromatic nitrogens is 2. The highest BCUT2D eigenvalue weighted by molar-refractivity contribution is 6.31. The van der Waals surface area contributed by atoms with Crippen LogP contribution in [0.3, 0.4) is 0 Å². The molecule has 2 aromatic rings. The highest BCUT2D eigenvalue weighted by atomic mass is 35.5. The van der Waals surface area contributed by atoms with Gasteiger partial charge in [-0.3, -0.25) is 4.79 Å². The zero-order valence-electron chi connectivity index (χ0n) is 12.2. The number of rotatable bonds is 5. The second-order valence-electron chi connectivity index (χ2n) is 5.24. The largest absolute Gasteiger partial charge is 0.496 e. The average molecular weight is 318 g/mol. The summed E-state index contributed by atoms with van der Waals surface area (Å²) >= 11 is 5.94. The molecule has 0 spiro atoms. The van der Waals surface area contributed by atoms with Gasteiger partial charge in [0.05, 0.1) is 24.9 Å². The molecule has 1 amide bonds. The number of benzene rings is 1. The third-order valence-electron chi connectivity index (χ3n) is 3.58. The molecule has 0 radical (unpaired) electrons. The molecule has 1 saturated carbocycles. The van der Waals surface area contributed by atoms with E-state index in [1.165, 1.54) is 20.0 Å². The van der Waals surface area contributed by atoms with Gasteiger partial charge in [-0.15, -0.1) is 0 Å². The highest BCUT2D eigenvalue weighted by Gasteiger charge is 2.25. The van der Waals surface area contributed by atoms with E-state index in [4.69, 9.17) is 16.3 Å². The van der Waals surface area contributed by atoms with Crippen LogP contribution in [0, 0.1) is 0 Å². The van der Waals surface area contributed by atoms with E-state index in [0.717, 1.165) is 11.4 Å². The number of ether oxygens (including phenoxy) is 1. The predicted molar refractivity (Wildman–Crippen MR) is 83.2 cm³/mol. The molecule has 22 heavy (non-hydrogen) atoms. The molecule has 0 atom stereocenters. The maximum atomic E-state index is 12.3. The summed E-state index contributed by atoms with van der Waals surface area (Å²) < 4.78 is 5.19. The van der Waals surface area contributed by atoms with E-state index in [1.54, 1.807) is 24.5 Å². The normalized spacial score (nSPS) is 13.7. The van der Waals surface area contributed by atoms with E-state index >= 15 is 0 Å². The van der Waals surface area contributed by atoms with Crippen molar-refractivity contribution in [3.05, 3.63) is 52.6 Å². The summed E-state index contributed by atoms with van der Waals surface area (Å²) in [4.78, 5) is 20.7. The summed E-state index contributed by atoms with van der Waals surface area (Å²) in [6, 6.07) is 6.90. The van der Waals surface area contributed by atoms with E-state index in [9.17, 15) is 4.79 Å². The number of methoxy groups -OCH3 is 1. The van der Waals surface area contributed by atoms with Crippen molar-refractivity contribution in [1.82, 2.24) is 15.3 Å². The molecule has 1 aromatic carbocycles. The minimum Gasteiger partial charge on any atom is -0.496 e. The van der Waals surface area contributed by atoms with Crippen molar-refractivity contribution in [3.63, 3.8) is 0 Å². The Balaban J connectivity index is 1.69. The summed E-state index contributed by atoms with van der Waals surface area (Å²) in [5, 5.41) is 3.33. The summed E-state index contributed by atoms with van der Waals surface area (Å²) in [6.07, 6.45) is 3.92. The second kappa shape index (κ2) is 6.32. The van der Waals surface area contributed by atoms with Gasteiger partial charge in [0.15, 0.2) is 0 Å². The van der Waals surface area contributed by atoms with Gasteiger partial charge < -0.3 is 10.1 Å². The van der Waals surface area contributed by atoms with Gasteiger partial charge >= 0.3 is 0 Å². The number of nitrogens with zero attached hydrogens (tertiary/aromatic N) is 2. The average Bonchev–Trinajstić information content (AvgIpc) is 3.38. The van der Waals surface area contributed by atoms with Crippen LogP contribution in [0.15, 0.2) is 30.6 Å². The van der Waals surface area contributed by atoms with Crippen molar-refractivity contribution in [2.45, 2.75) is 25.3 Å². The monoisotopic (exact) mass is 317 g/mol. The van der Waals surface area contributed by atoms with Crippen LogP contribution in [0.25, 0.3) is 0 Å². The van der Waals surface area contributed by atoms with Crippen molar-refractivity contribution in [2.24, 2.45) is 0 Å². The van der Waals surface area contributed by atoms with Crippen LogP contribution in [-0.2, 0) is 6.54 Å². The van der Waals surface area contributed by atoms with Crippen molar-refractivity contribution in [3.8, 4) is 5.75 Å². The van der Waals surface area contributed by atoms with Gasteiger partial charge in [-0.1, -0.05) is 11.6 Å². The minimum atomic E-state index is -0.245. The number of carbonyl (C=O) groups excluding carboxylic acids is 1. The Kier molecular flexibility index (Phi) is 4.24. The van der Waals surface area contributed by atoms with E-state index in [-0.39, 0.29) is 5.91 Å². The lowest BCUT2D eigenvalue weighted by molar-refractivity contribution is 0.0947. The van der Waals surface area contributed by atoms with Crippen LogP contribution in [0.4, 0.5) is 0 Å². The Morgan fingerprint density at radius 2 is 2.18 bits per heavy atom. The Bertz CT molecular complexity index is 702. The maximum absolute atomic E-state index is 12.3. The Hall–Kier alpha value is -2.14. The number of amides is 1. The number of carbonyl (C=O) groups is 1. The van der Waals surface area contributed by atoms with Gasteiger partial charge in [0.25, 0.3) is 5.91 Å². The van der Waals surface area contributed by atoms with Crippen LogP contribution in [-0.4, -0.2) is 23.0 Å². The Morgan fingerprint density at radius 1 is 1.36 bits per heavy atom. The van der Waals surface area contributed by atoms with E-state index in [0.29, 0.717) is 28.8 Å². The summed E-state index contributed by atoms with van der Waals surface area (Å²) in [6.45, 7) is 0.344. The zero-order chi connectivity index (χ0) is 15.5. The smallest absolute Gasteiger partial charge is 0.255 e. The number of nitrogens with one attached hydrogen (secondary N) is 1. The minimum absolute atomic E-state index is 0.245. The molecule has 1 aliphatic rings. The fourth-order valence-corrected chi connectivity index (χ4v) is 2.41. The zero-order valence-corrected chi connectivity index (χ0v) is 12.9. The highest BCUT2D eigenvalue weighted by Crippen LogP contribution is 2.38. The number of hydrogen-bond donors (Lipinski definition) is 1. The molecule has 1 N–H and O–H groups in total. The molecular weight excluding hydrogens is 302 g/mol. The van der Waals surface area contributed by atoms with E-state index in [1.807, 2.05) is 6.07 Å². The Labute approximate surface area is 133 Å². The number of hydrogen-bond acceptors (Lipinski definition) is 4. The maximum Gasteiger partial charge on any atom is 0.255 e. The lowest BCUT2D eigenvalue weighted by atomic mass is 10.2. The van der Waals surface area contributed by atoms with Crippen LogP contribution in [0.2, 0.25) is 5.02 Å². The molecule has 0 bridgehead atoms. The van der Waals surface area contributed by atoms with Gasteiger partial charge in [-0.05, 0) is 37.1 Å². The fraction of sp³-hybridized carbons (Fsp3) is 0.312. The predicted octanol–water partition coefficient (Wildman–Crippen LogP) is 2.95. The van der Waals surface area contributed by atoms with Crippen LogP contribution < -0.4 is 10.1 Å². The van der Waals surface area contributed by atoms with E-state index < -0.39 is 0 Å². The van der Waals surface area contributed by atoms with Crippen molar-refractivity contribution < 1.29 is 9.53 Å². The first-order valence-corrected chi connectivity index (χ1v) is 7.47. The fourth-order valence-electron chi connectivity index (χ4n) is 2.24. The third kappa shape index (κ3) is 3.36. The van der Waals surface area contributed by atoms with Gasteiger partial charge in [0.2, 0.25) is 0 Å². The molecule has 0 unspecified atom stereocenters. The Morgan fingerprint density at radius 3 is 2.91 bits per heavy atom. The molecule has 1 fully saturated rings. The van der Waals surface area contributed by atoms with Gasteiger partial charge in [0.1, 0.15) is 12.1 Å². The first-order chi connectivity index (χ1) is 10.7. The van der Waals surface area contributed by atoms with Crippen molar-refractivity contribution in [1.29, 1.82) is 0 Å². The molecule has 1 aliphatic carbocycles.